The van der Waals surface area contributed by atoms with Crippen LogP contribution in [0.2, 0.25) is 0 Å². The van der Waals surface area contributed by atoms with E-state index in [1.54, 1.807) is 16.7 Å². The highest BCUT2D eigenvalue weighted by Gasteiger charge is 2.19. The number of carbonyl (C=O) groups excluding carboxylic acids is 2. The molecule has 0 bridgehead atoms. The van der Waals surface area contributed by atoms with Gasteiger partial charge in [0.25, 0.3) is 5.56 Å². The Morgan fingerprint density at radius 2 is 1.82 bits per heavy atom. The molecule has 2 amide bonds. The van der Waals surface area contributed by atoms with Crippen molar-refractivity contribution in [3.05, 3.63) is 70.0 Å². The molecule has 3 aromatic rings. The van der Waals surface area contributed by atoms with Crippen molar-refractivity contribution in [1.29, 1.82) is 0 Å². The molecule has 0 aliphatic carbocycles. The fraction of sp³-hybridized carbons (Fsp3) is 0.360. The number of rotatable bonds is 9. The monoisotopic (exact) mass is 466 g/mol. The summed E-state index contributed by atoms with van der Waals surface area (Å²) in [7, 11) is 0. The maximum Gasteiger partial charge on any atom is 0.262 e. The lowest BCUT2D eigenvalue weighted by molar-refractivity contribution is -0.134. The number of hydrogen-bond donors (Lipinski definition) is 1. The number of nitrogens with zero attached hydrogens (tertiary/aromatic N) is 3. The fourth-order valence-corrected chi connectivity index (χ4v) is 4.31. The van der Waals surface area contributed by atoms with Gasteiger partial charge in [-0.25, -0.2) is 4.98 Å². The van der Waals surface area contributed by atoms with Gasteiger partial charge in [-0.15, -0.1) is 0 Å². The van der Waals surface area contributed by atoms with E-state index in [2.05, 4.69) is 10.3 Å². The van der Waals surface area contributed by atoms with Crippen molar-refractivity contribution >= 4 is 34.5 Å². The summed E-state index contributed by atoms with van der Waals surface area (Å²) in [5.41, 5.74) is 2.58. The molecule has 1 N–H and O–H groups in total. The standard InChI is InChI=1S/C25H30N4O3S/c1-5-28(15-22(30)26-17(2)3)23(31)16-33-25-27-21-9-7-6-8-20(21)24(32)29(25)14-19-12-10-18(4)11-13-19/h6-13,17H,5,14-16H2,1-4H3,(H,26,30). The van der Waals surface area contributed by atoms with E-state index in [0.717, 1.165) is 11.1 Å². The summed E-state index contributed by atoms with van der Waals surface area (Å²) >= 11 is 1.22. The summed E-state index contributed by atoms with van der Waals surface area (Å²) in [5, 5.41) is 3.83. The van der Waals surface area contributed by atoms with Crippen molar-refractivity contribution in [2.45, 2.75) is 45.4 Å². The van der Waals surface area contributed by atoms with E-state index in [0.29, 0.717) is 29.1 Å². The Hall–Kier alpha value is -3.13. The van der Waals surface area contributed by atoms with Gasteiger partial charge in [-0.1, -0.05) is 53.7 Å². The molecule has 0 aliphatic rings. The Kier molecular flexibility index (Phi) is 8.27. The van der Waals surface area contributed by atoms with Crippen LogP contribution in [0.15, 0.2) is 58.5 Å². The zero-order chi connectivity index (χ0) is 24.0. The maximum atomic E-state index is 13.3. The molecule has 8 heteroatoms. The number of thioether (sulfide) groups is 1. The van der Waals surface area contributed by atoms with Gasteiger partial charge < -0.3 is 10.2 Å². The zero-order valence-corrected chi connectivity index (χ0v) is 20.3. The van der Waals surface area contributed by atoms with Gasteiger partial charge in [0.15, 0.2) is 5.16 Å². The van der Waals surface area contributed by atoms with Crippen LogP contribution in [0, 0.1) is 6.92 Å². The normalized spacial score (nSPS) is 11.1. The molecule has 7 nitrogen and oxygen atoms in total. The van der Waals surface area contributed by atoms with Crippen molar-refractivity contribution in [2.24, 2.45) is 0 Å². The largest absolute Gasteiger partial charge is 0.352 e. The first-order valence-corrected chi connectivity index (χ1v) is 12.0. The van der Waals surface area contributed by atoms with Gasteiger partial charge in [-0.05, 0) is 45.4 Å². The molecule has 174 valence electrons. The molecule has 1 heterocycles. The van der Waals surface area contributed by atoms with Gasteiger partial charge in [0, 0.05) is 12.6 Å². The van der Waals surface area contributed by atoms with Gasteiger partial charge in [-0.3, -0.25) is 19.0 Å². The molecule has 33 heavy (non-hydrogen) atoms. The molecule has 0 aliphatic heterocycles. The number of fused-ring (bicyclic) bond motifs is 1. The number of likely N-dealkylation sites (N-methyl/N-ethyl adjacent to an activating group) is 1. The molecular formula is C25H30N4O3S. The molecule has 0 atom stereocenters. The zero-order valence-electron chi connectivity index (χ0n) is 19.5. The van der Waals surface area contributed by atoms with E-state index >= 15 is 0 Å². The first kappa shape index (κ1) is 24.5. The third-order valence-corrected chi connectivity index (χ3v) is 6.09. The fourth-order valence-electron chi connectivity index (χ4n) is 3.41. The number of benzene rings is 2. The van der Waals surface area contributed by atoms with E-state index in [-0.39, 0.29) is 35.7 Å². The third kappa shape index (κ3) is 6.44. The van der Waals surface area contributed by atoms with E-state index in [1.807, 2.05) is 64.1 Å². The Morgan fingerprint density at radius 1 is 1.12 bits per heavy atom. The van der Waals surface area contributed by atoms with Crippen LogP contribution in [0.25, 0.3) is 10.9 Å². The molecule has 0 spiro atoms. The highest BCUT2D eigenvalue weighted by molar-refractivity contribution is 7.99. The highest BCUT2D eigenvalue weighted by atomic mass is 32.2. The molecule has 0 saturated carbocycles. The lowest BCUT2D eigenvalue weighted by Crippen LogP contribution is -2.43. The van der Waals surface area contributed by atoms with Crippen LogP contribution in [0.4, 0.5) is 0 Å². The number of aryl methyl sites for hydroxylation is 1. The summed E-state index contributed by atoms with van der Waals surface area (Å²) in [5.74, 6) is -0.280. The molecule has 0 radical (unpaired) electrons. The quantitative estimate of drug-likeness (QED) is 0.387. The summed E-state index contributed by atoms with van der Waals surface area (Å²) in [6, 6.07) is 15.2. The van der Waals surface area contributed by atoms with Crippen LogP contribution >= 0.6 is 11.8 Å². The molecule has 0 saturated heterocycles. The molecular weight excluding hydrogens is 436 g/mol. The number of nitrogens with one attached hydrogen (secondary N) is 1. The van der Waals surface area contributed by atoms with E-state index in [1.165, 1.54) is 16.7 Å². The first-order chi connectivity index (χ1) is 15.8. The topological polar surface area (TPSA) is 84.3 Å². The van der Waals surface area contributed by atoms with Crippen LogP contribution in [0.3, 0.4) is 0 Å². The van der Waals surface area contributed by atoms with Crippen LogP contribution in [-0.4, -0.2) is 51.1 Å². The van der Waals surface area contributed by atoms with E-state index in [4.69, 9.17) is 0 Å². The second kappa shape index (κ2) is 11.1. The van der Waals surface area contributed by atoms with E-state index < -0.39 is 0 Å². The van der Waals surface area contributed by atoms with Gasteiger partial charge >= 0.3 is 0 Å². The summed E-state index contributed by atoms with van der Waals surface area (Å²) in [4.78, 5) is 44.4. The van der Waals surface area contributed by atoms with Crippen molar-refractivity contribution < 1.29 is 9.59 Å². The van der Waals surface area contributed by atoms with Crippen molar-refractivity contribution in [2.75, 3.05) is 18.8 Å². The van der Waals surface area contributed by atoms with Crippen LogP contribution in [-0.2, 0) is 16.1 Å². The average molecular weight is 467 g/mol. The predicted molar refractivity (Wildman–Crippen MR) is 133 cm³/mol. The lowest BCUT2D eigenvalue weighted by atomic mass is 10.1. The van der Waals surface area contributed by atoms with E-state index in [9.17, 15) is 14.4 Å². The Labute approximate surface area is 198 Å². The maximum absolute atomic E-state index is 13.3. The minimum absolute atomic E-state index is 0.00932. The van der Waals surface area contributed by atoms with Gasteiger partial charge in [0.05, 0.1) is 29.7 Å². The Bertz CT molecular complexity index is 1190. The third-order valence-electron chi connectivity index (χ3n) is 5.13. The summed E-state index contributed by atoms with van der Waals surface area (Å²) in [6.07, 6.45) is 0. The molecule has 3 rings (SSSR count). The average Bonchev–Trinajstić information content (AvgIpc) is 2.78. The second-order valence-electron chi connectivity index (χ2n) is 8.21. The van der Waals surface area contributed by atoms with Crippen LogP contribution < -0.4 is 10.9 Å². The number of aromatic nitrogens is 2. The summed E-state index contributed by atoms with van der Waals surface area (Å²) < 4.78 is 1.62. The predicted octanol–water partition coefficient (Wildman–Crippen LogP) is 3.22. The second-order valence-corrected chi connectivity index (χ2v) is 9.15. The number of amides is 2. The molecule has 2 aromatic carbocycles. The minimum Gasteiger partial charge on any atom is -0.352 e. The number of hydrogen-bond acceptors (Lipinski definition) is 5. The van der Waals surface area contributed by atoms with Crippen LogP contribution in [0.5, 0.6) is 0 Å². The Morgan fingerprint density at radius 3 is 2.48 bits per heavy atom. The first-order valence-electron chi connectivity index (χ1n) is 11.0. The Balaban J connectivity index is 1.85. The minimum atomic E-state index is -0.190. The number of carbonyl (C=O) groups is 2. The molecule has 1 aromatic heterocycles. The molecule has 0 fully saturated rings. The highest BCUT2D eigenvalue weighted by Crippen LogP contribution is 2.20. The van der Waals surface area contributed by atoms with Gasteiger partial charge in [0.2, 0.25) is 11.8 Å². The molecule has 0 unspecified atom stereocenters. The van der Waals surface area contributed by atoms with Gasteiger partial charge in [-0.2, -0.15) is 0 Å². The van der Waals surface area contributed by atoms with Crippen molar-refractivity contribution in [3.63, 3.8) is 0 Å². The lowest BCUT2D eigenvalue weighted by Gasteiger charge is -2.21. The SMILES string of the molecule is CCN(CC(=O)NC(C)C)C(=O)CSc1nc2ccccc2c(=O)n1Cc1ccc(C)cc1. The number of para-hydroxylation sites is 1. The summed E-state index contributed by atoms with van der Waals surface area (Å²) in [6.45, 7) is 8.41. The van der Waals surface area contributed by atoms with Crippen molar-refractivity contribution in [3.8, 4) is 0 Å². The van der Waals surface area contributed by atoms with Gasteiger partial charge in [0.1, 0.15) is 0 Å². The smallest absolute Gasteiger partial charge is 0.262 e. The van der Waals surface area contributed by atoms with Crippen LogP contribution in [0.1, 0.15) is 31.9 Å². The van der Waals surface area contributed by atoms with Crippen molar-refractivity contribution in [1.82, 2.24) is 19.8 Å².